The second kappa shape index (κ2) is 7.99. The molecule has 0 unspecified atom stereocenters. The number of rotatable bonds is 6. The first-order valence-corrected chi connectivity index (χ1v) is 9.61. The number of sulfonamides is 1. The molecule has 1 aliphatic rings. The number of carbonyl (C=O) groups excluding carboxylic acids is 1. The van der Waals surface area contributed by atoms with Crippen molar-refractivity contribution in [2.24, 2.45) is 0 Å². The van der Waals surface area contributed by atoms with Crippen LogP contribution < -0.4 is 14.8 Å². The van der Waals surface area contributed by atoms with Crippen molar-refractivity contribution in [1.29, 1.82) is 0 Å². The fourth-order valence-corrected chi connectivity index (χ4v) is 3.92. The molecule has 0 aliphatic carbocycles. The lowest BCUT2D eigenvalue weighted by Crippen LogP contribution is -2.40. The van der Waals surface area contributed by atoms with Crippen LogP contribution >= 0.6 is 0 Å². The van der Waals surface area contributed by atoms with Gasteiger partial charge in [0.25, 0.3) is 15.9 Å². The number of nitrogens with one attached hydrogen (secondary N) is 1. The molecule has 1 N–H and O–H groups in total. The number of amides is 1. The van der Waals surface area contributed by atoms with Crippen molar-refractivity contribution in [1.82, 2.24) is 4.31 Å². The van der Waals surface area contributed by atoms with Crippen LogP contribution in [-0.4, -0.2) is 59.2 Å². The molecular formula is C17H20N2O7S. The van der Waals surface area contributed by atoms with Crippen molar-refractivity contribution in [2.45, 2.75) is 5.09 Å². The molecule has 1 aromatic heterocycles. The van der Waals surface area contributed by atoms with Gasteiger partial charge in [0, 0.05) is 24.8 Å². The van der Waals surface area contributed by atoms with Gasteiger partial charge in [0.2, 0.25) is 5.09 Å². The number of ether oxygens (including phenoxy) is 3. The Hall–Kier alpha value is -2.56. The Morgan fingerprint density at radius 1 is 1.07 bits per heavy atom. The molecule has 1 fully saturated rings. The van der Waals surface area contributed by atoms with E-state index in [1.807, 2.05) is 0 Å². The standard InChI is InChI=1S/C17H20N2O7S/c1-23-13-4-3-12(11-15(13)24-2)18-17(20)14-5-6-16(26-14)27(21,22)19-7-9-25-10-8-19/h3-6,11H,7-10H2,1-2H3,(H,18,20). The van der Waals surface area contributed by atoms with Crippen LogP contribution in [0.3, 0.4) is 0 Å². The van der Waals surface area contributed by atoms with Gasteiger partial charge in [0.05, 0.1) is 27.4 Å². The zero-order valence-corrected chi connectivity index (χ0v) is 15.7. The SMILES string of the molecule is COc1ccc(NC(=O)c2ccc(S(=O)(=O)N3CCOCC3)o2)cc1OC. The zero-order valence-electron chi connectivity index (χ0n) is 14.9. The van der Waals surface area contributed by atoms with Crippen LogP contribution in [0, 0.1) is 0 Å². The van der Waals surface area contributed by atoms with Crippen LogP contribution in [0.25, 0.3) is 0 Å². The van der Waals surface area contributed by atoms with Gasteiger partial charge < -0.3 is 23.9 Å². The largest absolute Gasteiger partial charge is 0.493 e. The predicted octanol–water partition coefficient (Wildman–Crippen LogP) is 1.57. The van der Waals surface area contributed by atoms with Gasteiger partial charge in [-0.1, -0.05) is 0 Å². The summed E-state index contributed by atoms with van der Waals surface area (Å²) in [7, 11) is -0.803. The van der Waals surface area contributed by atoms with E-state index in [1.165, 1.54) is 30.7 Å². The molecule has 0 bridgehead atoms. The fraction of sp³-hybridized carbons (Fsp3) is 0.353. The van der Waals surface area contributed by atoms with Gasteiger partial charge in [0.1, 0.15) is 0 Å². The Balaban J connectivity index is 1.75. The molecule has 1 aliphatic heterocycles. The summed E-state index contributed by atoms with van der Waals surface area (Å²) in [6.07, 6.45) is 0. The summed E-state index contributed by atoms with van der Waals surface area (Å²) >= 11 is 0. The lowest BCUT2D eigenvalue weighted by atomic mass is 10.2. The molecule has 2 heterocycles. The van der Waals surface area contributed by atoms with E-state index in [2.05, 4.69) is 5.32 Å². The zero-order chi connectivity index (χ0) is 19.4. The first kappa shape index (κ1) is 19.2. The highest BCUT2D eigenvalue weighted by atomic mass is 32.2. The maximum Gasteiger partial charge on any atom is 0.291 e. The Bertz CT molecular complexity index is 917. The molecule has 10 heteroatoms. The Labute approximate surface area is 156 Å². The van der Waals surface area contributed by atoms with E-state index in [1.54, 1.807) is 18.2 Å². The molecule has 0 spiro atoms. The van der Waals surface area contributed by atoms with Crippen molar-refractivity contribution in [3.05, 3.63) is 36.1 Å². The quantitative estimate of drug-likeness (QED) is 0.790. The van der Waals surface area contributed by atoms with E-state index in [-0.39, 0.29) is 23.9 Å². The van der Waals surface area contributed by atoms with E-state index in [0.29, 0.717) is 30.4 Å². The summed E-state index contributed by atoms with van der Waals surface area (Å²) < 4.78 is 47.2. The van der Waals surface area contributed by atoms with Gasteiger partial charge in [-0.2, -0.15) is 4.31 Å². The second-order valence-electron chi connectivity index (χ2n) is 5.66. The maximum atomic E-state index is 12.6. The van der Waals surface area contributed by atoms with Gasteiger partial charge in [-0.15, -0.1) is 0 Å². The van der Waals surface area contributed by atoms with Crippen LogP contribution in [0.15, 0.2) is 39.8 Å². The van der Waals surface area contributed by atoms with E-state index in [4.69, 9.17) is 18.6 Å². The molecule has 1 amide bonds. The highest BCUT2D eigenvalue weighted by molar-refractivity contribution is 7.89. The molecule has 0 radical (unpaired) electrons. The van der Waals surface area contributed by atoms with E-state index in [0.717, 1.165) is 0 Å². The lowest BCUT2D eigenvalue weighted by Gasteiger charge is -2.24. The molecule has 0 atom stereocenters. The van der Waals surface area contributed by atoms with Crippen LogP contribution in [-0.2, 0) is 14.8 Å². The predicted molar refractivity (Wildman–Crippen MR) is 95.8 cm³/mol. The molecular weight excluding hydrogens is 376 g/mol. The molecule has 146 valence electrons. The number of hydrogen-bond acceptors (Lipinski definition) is 7. The molecule has 1 aromatic carbocycles. The Kier molecular flexibility index (Phi) is 5.68. The topological polar surface area (TPSA) is 107 Å². The van der Waals surface area contributed by atoms with Crippen molar-refractivity contribution < 1.29 is 31.8 Å². The third-order valence-corrected chi connectivity index (χ3v) is 5.78. The normalized spacial score (nSPS) is 15.3. The van der Waals surface area contributed by atoms with Crippen LogP contribution in [0.4, 0.5) is 5.69 Å². The number of nitrogens with zero attached hydrogens (tertiary/aromatic N) is 1. The van der Waals surface area contributed by atoms with Gasteiger partial charge >= 0.3 is 0 Å². The average molecular weight is 396 g/mol. The molecule has 2 aromatic rings. The third kappa shape index (κ3) is 4.07. The molecule has 0 saturated carbocycles. The van der Waals surface area contributed by atoms with Gasteiger partial charge in [-0.05, 0) is 24.3 Å². The maximum absolute atomic E-state index is 12.6. The van der Waals surface area contributed by atoms with Gasteiger partial charge in [0.15, 0.2) is 17.3 Å². The van der Waals surface area contributed by atoms with E-state index >= 15 is 0 Å². The molecule has 27 heavy (non-hydrogen) atoms. The number of carbonyl (C=O) groups is 1. The summed E-state index contributed by atoms with van der Waals surface area (Å²) in [6, 6.07) is 7.46. The lowest BCUT2D eigenvalue weighted by molar-refractivity contribution is 0.0723. The Morgan fingerprint density at radius 2 is 1.78 bits per heavy atom. The highest BCUT2D eigenvalue weighted by Crippen LogP contribution is 2.30. The van der Waals surface area contributed by atoms with Crippen LogP contribution in [0.5, 0.6) is 11.5 Å². The van der Waals surface area contributed by atoms with Crippen molar-refractivity contribution in [2.75, 3.05) is 45.8 Å². The van der Waals surface area contributed by atoms with E-state index in [9.17, 15) is 13.2 Å². The minimum Gasteiger partial charge on any atom is -0.493 e. The smallest absolute Gasteiger partial charge is 0.291 e. The van der Waals surface area contributed by atoms with Crippen molar-refractivity contribution >= 4 is 21.6 Å². The summed E-state index contributed by atoms with van der Waals surface area (Å²) in [6.45, 7) is 1.14. The number of morpholine rings is 1. The van der Waals surface area contributed by atoms with Crippen LogP contribution in [0.1, 0.15) is 10.6 Å². The summed E-state index contributed by atoms with van der Waals surface area (Å²) in [5.74, 6) is 0.278. The van der Waals surface area contributed by atoms with Gasteiger partial charge in [-0.25, -0.2) is 8.42 Å². The van der Waals surface area contributed by atoms with Crippen molar-refractivity contribution in [3.63, 3.8) is 0 Å². The number of benzene rings is 1. The minimum absolute atomic E-state index is 0.114. The summed E-state index contributed by atoms with van der Waals surface area (Å²) in [4.78, 5) is 12.4. The first-order chi connectivity index (χ1) is 13.0. The highest BCUT2D eigenvalue weighted by Gasteiger charge is 2.30. The second-order valence-corrected chi connectivity index (χ2v) is 7.53. The number of methoxy groups -OCH3 is 2. The number of anilines is 1. The Morgan fingerprint density at radius 3 is 2.44 bits per heavy atom. The third-order valence-electron chi connectivity index (χ3n) is 4.01. The van der Waals surface area contributed by atoms with Gasteiger partial charge in [-0.3, -0.25) is 4.79 Å². The summed E-state index contributed by atoms with van der Waals surface area (Å²) in [5.41, 5.74) is 0.451. The molecule has 3 rings (SSSR count). The fourth-order valence-electron chi connectivity index (χ4n) is 2.60. The molecule has 1 saturated heterocycles. The minimum atomic E-state index is -3.80. The number of hydrogen-bond donors (Lipinski definition) is 1. The van der Waals surface area contributed by atoms with Crippen LogP contribution in [0.2, 0.25) is 0 Å². The average Bonchev–Trinajstić information content (AvgIpc) is 3.20. The van der Waals surface area contributed by atoms with E-state index < -0.39 is 15.9 Å². The monoisotopic (exact) mass is 396 g/mol. The first-order valence-electron chi connectivity index (χ1n) is 8.17. The summed E-state index contributed by atoms with van der Waals surface area (Å²) in [5, 5.41) is 2.36. The number of furan rings is 1. The molecule has 9 nitrogen and oxygen atoms in total. The van der Waals surface area contributed by atoms with Crippen molar-refractivity contribution in [3.8, 4) is 11.5 Å².